The van der Waals surface area contributed by atoms with Crippen molar-refractivity contribution in [2.75, 3.05) is 0 Å². The standard InChI is InChI=1S/C22H23F2N5O/c1-4-17(20-25-11-26-29-20)30-22-9-8-13(21(22,2)3)12-10-16(27-28-19(12)22)18-14(23)6-5-7-15(18)24/h5-7,10-11,13,17H,4,8-9H2,1-3H3,(H,25,26,29)/t13-,17?,22-/m0/s1. The van der Waals surface area contributed by atoms with E-state index in [4.69, 9.17) is 4.74 Å². The number of H-pyrrole nitrogens is 1. The molecule has 1 aromatic carbocycles. The van der Waals surface area contributed by atoms with Crippen molar-refractivity contribution in [2.45, 2.75) is 57.7 Å². The number of aromatic nitrogens is 5. The maximum atomic E-state index is 14.3. The normalized spacial score (nSPS) is 24.8. The molecule has 5 rings (SSSR count). The van der Waals surface area contributed by atoms with E-state index in [1.54, 1.807) is 12.4 Å². The van der Waals surface area contributed by atoms with Gasteiger partial charge in [0.15, 0.2) is 5.82 Å². The van der Waals surface area contributed by atoms with Gasteiger partial charge >= 0.3 is 0 Å². The number of nitrogens with one attached hydrogen (secondary N) is 1. The van der Waals surface area contributed by atoms with E-state index in [9.17, 15) is 8.78 Å². The van der Waals surface area contributed by atoms with Crippen LogP contribution in [0.5, 0.6) is 0 Å². The Kier molecular flexibility index (Phi) is 4.25. The molecule has 1 N–H and O–H groups in total. The minimum absolute atomic E-state index is 0.143. The third-order valence-electron chi connectivity index (χ3n) is 6.93. The van der Waals surface area contributed by atoms with Crippen LogP contribution in [0.4, 0.5) is 8.78 Å². The third-order valence-corrected chi connectivity index (χ3v) is 6.93. The third kappa shape index (κ3) is 2.49. The zero-order valence-corrected chi connectivity index (χ0v) is 17.1. The number of ether oxygens (including phenoxy) is 1. The van der Waals surface area contributed by atoms with Crippen LogP contribution in [0, 0.1) is 17.0 Å². The van der Waals surface area contributed by atoms with E-state index in [0.29, 0.717) is 12.2 Å². The fourth-order valence-electron chi connectivity index (χ4n) is 5.33. The summed E-state index contributed by atoms with van der Waals surface area (Å²) < 4.78 is 35.4. The molecule has 2 bridgehead atoms. The summed E-state index contributed by atoms with van der Waals surface area (Å²) in [5.74, 6) is -0.514. The molecule has 30 heavy (non-hydrogen) atoms. The Labute approximate surface area is 173 Å². The first kappa shape index (κ1) is 19.2. The van der Waals surface area contributed by atoms with Crippen molar-refractivity contribution in [1.29, 1.82) is 0 Å². The van der Waals surface area contributed by atoms with Crippen molar-refractivity contribution in [1.82, 2.24) is 25.4 Å². The molecular formula is C22H23F2N5O. The summed E-state index contributed by atoms with van der Waals surface area (Å²) in [6.07, 6.45) is 3.68. The van der Waals surface area contributed by atoms with Crippen LogP contribution in [0.3, 0.4) is 0 Å². The largest absolute Gasteiger partial charge is 0.357 e. The van der Waals surface area contributed by atoms with E-state index in [1.165, 1.54) is 18.2 Å². The molecule has 1 saturated carbocycles. The zero-order chi connectivity index (χ0) is 21.1. The molecule has 3 aromatic rings. The summed E-state index contributed by atoms with van der Waals surface area (Å²) in [5, 5.41) is 15.7. The average Bonchev–Trinajstić information content (AvgIpc) is 3.37. The van der Waals surface area contributed by atoms with E-state index in [1.807, 2.05) is 6.92 Å². The Bertz CT molecular complexity index is 1080. The van der Waals surface area contributed by atoms with Crippen LogP contribution < -0.4 is 0 Å². The molecule has 8 heteroatoms. The summed E-state index contributed by atoms with van der Waals surface area (Å²) >= 11 is 0. The van der Waals surface area contributed by atoms with Gasteiger partial charge in [0, 0.05) is 5.41 Å². The molecule has 2 aliphatic rings. The lowest BCUT2D eigenvalue weighted by atomic mass is 9.77. The number of aromatic amines is 1. The highest BCUT2D eigenvalue weighted by Gasteiger charge is 2.65. The van der Waals surface area contributed by atoms with E-state index in [-0.39, 0.29) is 28.7 Å². The maximum absolute atomic E-state index is 14.3. The van der Waals surface area contributed by atoms with Gasteiger partial charge < -0.3 is 4.74 Å². The van der Waals surface area contributed by atoms with Crippen molar-refractivity contribution < 1.29 is 13.5 Å². The molecule has 2 heterocycles. The quantitative estimate of drug-likeness (QED) is 0.651. The molecule has 156 valence electrons. The van der Waals surface area contributed by atoms with Crippen LogP contribution >= 0.6 is 0 Å². The molecule has 0 saturated heterocycles. The fraction of sp³-hybridized carbons (Fsp3) is 0.455. The molecule has 1 unspecified atom stereocenters. The molecule has 1 fully saturated rings. The van der Waals surface area contributed by atoms with Gasteiger partial charge in [0.05, 0.1) is 17.0 Å². The minimum Gasteiger partial charge on any atom is -0.357 e. The molecule has 2 aliphatic carbocycles. The lowest BCUT2D eigenvalue weighted by Gasteiger charge is -2.39. The number of nitrogens with zero attached hydrogens (tertiary/aromatic N) is 4. The first-order valence-electron chi connectivity index (χ1n) is 10.2. The number of hydrogen-bond acceptors (Lipinski definition) is 5. The van der Waals surface area contributed by atoms with Gasteiger partial charge in [-0.2, -0.15) is 10.2 Å². The van der Waals surface area contributed by atoms with Crippen molar-refractivity contribution >= 4 is 0 Å². The van der Waals surface area contributed by atoms with E-state index < -0.39 is 17.2 Å². The van der Waals surface area contributed by atoms with Crippen molar-refractivity contribution in [2.24, 2.45) is 5.41 Å². The SMILES string of the molecule is CCC(O[C@@]12CC[C@@H](c3cc(-c4c(F)cccc4F)nnc31)C2(C)C)c1nc[nH]n1. The molecular weight excluding hydrogens is 388 g/mol. The topological polar surface area (TPSA) is 76.6 Å². The average molecular weight is 411 g/mol. The highest BCUT2D eigenvalue weighted by Crippen LogP contribution is 2.68. The number of halogens is 2. The first-order valence-corrected chi connectivity index (χ1v) is 10.2. The van der Waals surface area contributed by atoms with Crippen LogP contribution in [0.15, 0.2) is 30.6 Å². The van der Waals surface area contributed by atoms with E-state index in [0.717, 1.165) is 24.1 Å². The minimum atomic E-state index is -0.645. The van der Waals surface area contributed by atoms with Crippen molar-refractivity contribution in [3.63, 3.8) is 0 Å². The molecule has 3 atom stereocenters. The number of fused-ring (bicyclic) bond motifs is 5. The number of benzene rings is 1. The predicted molar refractivity (Wildman–Crippen MR) is 105 cm³/mol. The lowest BCUT2D eigenvalue weighted by Crippen LogP contribution is -2.39. The van der Waals surface area contributed by atoms with Gasteiger partial charge in [-0.25, -0.2) is 13.8 Å². The number of hydrogen-bond donors (Lipinski definition) is 1. The molecule has 2 aromatic heterocycles. The first-order chi connectivity index (χ1) is 14.4. The molecule has 0 aliphatic heterocycles. The van der Waals surface area contributed by atoms with Gasteiger partial charge in [-0.15, -0.1) is 5.10 Å². The van der Waals surface area contributed by atoms with Crippen molar-refractivity contribution in [3.8, 4) is 11.3 Å². The summed E-state index contributed by atoms with van der Waals surface area (Å²) in [6, 6.07) is 5.60. The molecule has 0 amide bonds. The Hall–Kier alpha value is -2.74. The fourth-order valence-corrected chi connectivity index (χ4v) is 5.33. The van der Waals surface area contributed by atoms with E-state index in [2.05, 4.69) is 39.2 Å². The zero-order valence-electron chi connectivity index (χ0n) is 17.1. The summed E-state index contributed by atoms with van der Waals surface area (Å²) in [6.45, 7) is 6.36. The highest BCUT2D eigenvalue weighted by molar-refractivity contribution is 5.63. The van der Waals surface area contributed by atoms with Crippen LogP contribution in [-0.4, -0.2) is 25.4 Å². The second-order valence-electron chi connectivity index (χ2n) is 8.64. The van der Waals surface area contributed by atoms with Crippen LogP contribution in [0.2, 0.25) is 0 Å². The monoisotopic (exact) mass is 411 g/mol. The Morgan fingerprint density at radius 1 is 1.23 bits per heavy atom. The Morgan fingerprint density at radius 2 is 2.00 bits per heavy atom. The maximum Gasteiger partial charge on any atom is 0.179 e. The van der Waals surface area contributed by atoms with Gasteiger partial charge in [-0.1, -0.05) is 26.8 Å². The highest BCUT2D eigenvalue weighted by atomic mass is 19.1. The van der Waals surface area contributed by atoms with E-state index >= 15 is 0 Å². The van der Waals surface area contributed by atoms with Gasteiger partial charge in [-0.05, 0) is 48.9 Å². The van der Waals surface area contributed by atoms with Crippen molar-refractivity contribution in [3.05, 3.63) is 59.3 Å². The molecule has 6 nitrogen and oxygen atoms in total. The molecule has 0 spiro atoms. The van der Waals surface area contributed by atoms with Crippen LogP contribution in [0.25, 0.3) is 11.3 Å². The van der Waals surface area contributed by atoms with Gasteiger partial charge in [0.1, 0.15) is 29.7 Å². The van der Waals surface area contributed by atoms with Gasteiger partial charge in [0.25, 0.3) is 0 Å². The Morgan fingerprint density at radius 3 is 2.67 bits per heavy atom. The number of rotatable bonds is 5. The lowest BCUT2D eigenvalue weighted by molar-refractivity contribution is -0.154. The van der Waals surface area contributed by atoms with Crippen LogP contribution in [0.1, 0.15) is 69.1 Å². The second-order valence-corrected chi connectivity index (χ2v) is 8.64. The second kappa shape index (κ2) is 6.63. The summed E-state index contributed by atoms with van der Waals surface area (Å²) in [4.78, 5) is 4.27. The van der Waals surface area contributed by atoms with Gasteiger partial charge in [0.2, 0.25) is 0 Å². The summed E-state index contributed by atoms with van der Waals surface area (Å²) in [5.41, 5.74) is 0.898. The van der Waals surface area contributed by atoms with Gasteiger partial charge in [-0.3, -0.25) is 5.10 Å². The Balaban J connectivity index is 1.61. The summed E-state index contributed by atoms with van der Waals surface area (Å²) in [7, 11) is 0. The predicted octanol–water partition coefficient (Wildman–Crippen LogP) is 4.82. The molecule has 0 radical (unpaired) electrons. The van der Waals surface area contributed by atoms with Crippen LogP contribution in [-0.2, 0) is 10.3 Å². The smallest absolute Gasteiger partial charge is 0.179 e.